The second kappa shape index (κ2) is 6.01. The summed E-state index contributed by atoms with van der Waals surface area (Å²) in [4.78, 5) is 10.4. The maximum absolute atomic E-state index is 10.4. The molecule has 70 valence electrons. The second-order valence-electron chi connectivity index (χ2n) is 2.50. The predicted octanol–water partition coefficient (Wildman–Crippen LogP) is 0.997. The van der Waals surface area contributed by atoms with Crippen LogP contribution < -0.4 is 3.61 Å². The summed E-state index contributed by atoms with van der Waals surface area (Å²) in [6.45, 7) is 2.02. The van der Waals surface area contributed by atoms with E-state index < -0.39 is 0 Å². The van der Waals surface area contributed by atoms with Crippen molar-refractivity contribution in [1.82, 2.24) is 0 Å². The number of hydrogen-bond donors (Lipinski definition) is 0. The van der Waals surface area contributed by atoms with Crippen molar-refractivity contribution in [3.05, 3.63) is 30.3 Å². The molecule has 0 saturated carbocycles. The minimum absolute atomic E-state index is 0.155. The molecule has 0 N–H and O–H groups in total. The quantitative estimate of drug-likeness (QED) is 0.470. The van der Waals surface area contributed by atoms with Crippen LogP contribution in [0.15, 0.2) is 30.3 Å². The summed E-state index contributed by atoms with van der Waals surface area (Å²) in [7, 11) is 0. The number of carbonyl (C=O) groups is 1. The van der Waals surface area contributed by atoms with Crippen molar-refractivity contribution in [1.29, 1.82) is 0 Å². The van der Waals surface area contributed by atoms with Gasteiger partial charge in [0.1, 0.15) is 0 Å². The van der Waals surface area contributed by atoms with Crippen LogP contribution in [0.1, 0.15) is 6.92 Å². The van der Waals surface area contributed by atoms with Crippen LogP contribution in [0.4, 0.5) is 0 Å². The van der Waals surface area contributed by atoms with Gasteiger partial charge in [-0.05, 0) is 0 Å². The van der Waals surface area contributed by atoms with Gasteiger partial charge in [-0.1, -0.05) is 0 Å². The molecule has 3 heteroatoms. The molecular weight excluding hydrogens is 280 g/mol. The molecule has 1 aromatic rings. The number of benzene rings is 1. The Morgan fingerprint density at radius 3 is 2.69 bits per heavy atom. The third-order valence-corrected chi connectivity index (χ3v) is 4.19. The Kier molecular flexibility index (Phi) is 4.88. The zero-order valence-corrected chi connectivity index (χ0v) is 9.86. The molecule has 0 heterocycles. The van der Waals surface area contributed by atoms with Gasteiger partial charge in [-0.3, -0.25) is 0 Å². The summed E-state index contributed by atoms with van der Waals surface area (Å²) in [5.74, 6) is -0.180. The first-order valence-corrected chi connectivity index (χ1v) is 6.91. The SMILES string of the molecule is CC(=O)OCC[Te]c1ccccc1. The first-order valence-electron chi connectivity index (χ1n) is 4.10. The van der Waals surface area contributed by atoms with Crippen molar-refractivity contribution in [2.24, 2.45) is 0 Å². The molecule has 0 fully saturated rings. The van der Waals surface area contributed by atoms with Gasteiger partial charge in [0, 0.05) is 0 Å². The first kappa shape index (κ1) is 10.6. The standard InChI is InChI=1S/C10H12O2Te/c1-9(11)12-7-8-13-10-5-3-2-4-6-10/h2-6H,7-8H2,1H3. The van der Waals surface area contributed by atoms with E-state index in [9.17, 15) is 4.79 Å². The van der Waals surface area contributed by atoms with Crippen molar-refractivity contribution in [3.8, 4) is 0 Å². The Hall–Kier alpha value is -0.520. The normalized spacial score (nSPS) is 9.62. The van der Waals surface area contributed by atoms with E-state index in [-0.39, 0.29) is 26.9 Å². The number of rotatable bonds is 4. The molecule has 0 unspecified atom stereocenters. The van der Waals surface area contributed by atoms with Crippen LogP contribution in [-0.4, -0.2) is 33.5 Å². The molecule has 2 nitrogen and oxygen atoms in total. The van der Waals surface area contributed by atoms with E-state index >= 15 is 0 Å². The molecule has 0 bridgehead atoms. The zero-order valence-electron chi connectivity index (χ0n) is 7.53. The van der Waals surface area contributed by atoms with Crippen LogP contribution in [0.3, 0.4) is 0 Å². The van der Waals surface area contributed by atoms with E-state index in [4.69, 9.17) is 4.74 Å². The Labute approximate surface area is 88.4 Å². The van der Waals surface area contributed by atoms with Gasteiger partial charge < -0.3 is 0 Å². The molecule has 0 aliphatic rings. The number of carbonyl (C=O) groups excluding carboxylic acids is 1. The number of ether oxygens (including phenoxy) is 1. The monoisotopic (exact) mass is 294 g/mol. The van der Waals surface area contributed by atoms with Crippen LogP contribution in [0.2, 0.25) is 4.47 Å². The summed E-state index contributed by atoms with van der Waals surface area (Å²) in [6.07, 6.45) is 0. The van der Waals surface area contributed by atoms with Crippen LogP contribution in [0.5, 0.6) is 0 Å². The Balaban J connectivity index is 2.17. The Morgan fingerprint density at radius 1 is 1.38 bits per heavy atom. The minimum atomic E-state index is -0.180. The third-order valence-electron chi connectivity index (χ3n) is 1.40. The number of esters is 1. The Bertz CT molecular complexity index is 259. The summed E-state index contributed by atoms with van der Waals surface area (Å²) >= 11 is -0.155. The van der Waals surface area contributed by atoms with E-state index in [0.29, 0.717) is 6.61 Å². The fraction of sp³-hybridized carbons (Fsp3) is 0.300. The molecule has 0 aliphatic carbocycles. The summed E-state index contributed by atoms with van der Waals surface area (Å²) in [6, 6.07) is 10.4. The number of hydrogen-bond acceptors (Lipinski definition) is 2. The van der Waals surface area contributed by atoms with Crippen LogP contribution in [0.25, 0.3) is 0 Å². The maximum atomic E-state index is 10.4. The van der Waals surface area contributed by atoms with Crippen molar-refractivity contribution < 1.29 is 9.53 Å². The zero-order chi connectivity index (χ0) is 9.52. The van der Waals surface area contributed by atoms with Crippen molar-refractivity contribution >= 4 is 30.5 Å². The van der Waals surface area contributed by atoms with E-state index in [2.05, 4.69) is 12.1 Å². The second-order valence-corrected chi connectivity index (χ2v) is 5.84. The fourth-order valence-corrected chi connectivity index (χ4v) is 3.01. The topological polar surface area (TPSA) is 26.3 Å². The average Bonchev–Trinajstić information content (AvgIpc) is 2.14. The van der Waals surface area contributed by atoms with Gasteiger partial charge in [0.2, 0.25) is 0 Å². The van der Waals surface area contributed by atoms with E-state index in [1.54, 1.807) is 0 Å². The van der Waals surface area contributed by atoms with E-state index in [1.807, 2.05) is 18.2 Å². The molecular formula is C10H12O2Te. The van der Waals surface area contributed by atoms with Crippen LogP contribution in [-0.2, 0) is 9.53 Å². The van der Waals surface area contributed by atoms with Gasteiger partial charge in [0.25, 0.3) is 0 Å². The fourth-order valence-electron chi connectivity index (χ4n) is 0.862. The summed E-state index contributed by atoms with van der Waals surface area (Å²) in [5.41, 5.74) is 0. The van der Waals surface area contributed by atoms with Gasteiger partial charge in [0.15, 0.2) is 0 Å². The van der Waals surface area contributed by atoms with Gasteiger partial charge in [-0.2, -0.15) is 0 Å². The molecule has 0 amide bonds. The molecule has 13 heavy (non-hydrogen) atoms. The molecule has 0 radical (unpaired) electrons. The van der Waals surface area contributed by atoms with Crippen LogP contribution >= 0.6 is 0 Å². The average molecular weight is 292 g/mol. The van der Waals surface area contributed by atoms with Crippen molar-refractivity contribution in [3.63, 3.8) is 0 Å². The molecule has 0 atom stereocenters. The van der Waals surface area contributed by atoms with E-state index in [0.717, 1.165) is 4.47 Å². The van der Waals surface area contributed by atoms with Gasteiger partial charge in [0.05, 0.1) is 0 Å². The van der Waals surface area contributed by atoms with Crippen molar-refractivity contribution in [2.75, 3.05) is 6.61 Å². The summed E-state index contributed by atoms with van der Waals surface area (Å²) in [5, 5.41) is 0. The van der Waals surface area contributed by atoms with Crippen molar-refractivity contribution in [2.45, 2.75) is 11.4 Å². The molecule has 0 saturated heterocycles. The molecule has 0 aliphatic heterocycles. The first-order chi connectivity index (χ1) is 6.29. The van der Waals surface area contributed by atoms with Gasteiger partial charge in [-0.15, -0.1) is 0 Å². The predicted molar refractivity (Wildman–Crippen MR) is 53.3 cm³/mol. The van der Waals surface area contributed by atoms with Gasteiger partial charge in [-0.25, -0.2) is 0 Å². The third kappa shape index (κ3) is 4.92. The Morgan fingerprint density at radius 2 is 2.08 bits per heavy atom. The molecule has 1 aromatic carbocycles. The molecule has 1 rings (SSSR count). The van der Waals surface area contributed by atoms with Gasteiger partial charge >= 0.3 is 88.4 Å². The summed E-state index contributed by atoms with van der Waals surface area (Å²) < 4.78 is 7.30. The molecule has 0 aromatic heterocycles. The van der Waals surface area contributed by atoms with Crippen LogP contribution in [0, 0.1) is 0 Å². The van der Waals surface area contributed by atoms with E-state index in [1.165, 1.54) is 10.5 Å². The molecule has 0 spiro atoms.